The normalized spacial score (nSPS) is 21.5. The number of rotatable bonds is 1. The monoisotopic (exact) mass is 301 g/mol. The predicted molar refractivity (Wildman–Crippen MR) is 86.1 cm³/mol. The summed E-state index contributed by atoms with van der Waals surface area (Å²) >= 11 is 6.11. The SMILES string of the molecule is N[C@@H]1CCN(C2=CCC=Nc3c2oc2ccc(Cl)cc32)C1. The maximum atomic E-state index is 6.11. The Morgan fingerprint density at radius 3 is 3.10 bits per heavy atom. The summed E-state index contributed by atoms with van der Waals surface area (Å²) in [5.41, 5.74) is 8.83. The lowest BCUT2D eigenvalue weighted by atomic mass is 10.2. The van der Waals surface area contributed by atoms with Crippen LogP contribution in [0.25, 0.3) is 16.7 Å². The third kappa shape index (κ3) is 2.15. The summed E-state index contributed by atoms with van der Waals surface area (Å²) in [5, 5.41) is 1.66. The van der Waals surface area contributed by atoms with Crippen molar-refractivity contribution >= 4 is 40.2 Å². The van der Waals surface area contributed by atoms with E-state index in [0.29, 0.717) is 5.02 Å². The molecule has 2 aromatic rings. The van der Waals surface area contributed by atoms with Gasteiger partial charge in [0.15, 0.2) is 5.76 Å². The van der Waals surface area contributed by atoms with Crippen LogP contribution in [0.4, 0.5) is 5.69 Å². The van der Waals surface area contributed by atoms with Gasteiger partial charge in [-0.2, -0.15) is 0 Å². The topological polar surface area (TPSA) is 54.8 Å². The Labute approximate surface area is 127 Å². The largest absolute Gasteiger partial charge is 0.452 e. The molecule has 0 radical (unpaired) electrons. The number of furan rings is 1. The Balaban J connectivity index is 1.87. The second-order valence-electron chi connectivity index (χ2n) is 5.55. The fourth-order valence-electron chi connectivity index (χ4n) is 3.04. The first-order valence-corrected chi connectivity index (χ1v) is 7.56. The number of halogens is 1. The second-order valence-corrected chi connectivity index (χ2v) is 5.99. The van der Waals surface area contributed by atoms with Gasteiger partial charge in [-0.3, -0.25) is 4.99 Å². The van der Waals surface area contributed by atoms with Crippen molar-refractivity contribution in [1.29, 1.82) is 0 Å². The number of fused-ring (bicyclic) bond motifs is 3. The third-order valence-corrected chi connectivity index (χ3v) is 4.29. The maximum Gasteiger partial charge on any atom is 0.176 e. The molecule has 1 atom stereocenters. The van der Waals surface area contributed by atoms with Gasteiger partial charge in [0.25, 0.3) is 0 Å². The van der Waals surface area contributed by atoms with Crippen LogP contribution in [0.5, 0.6) is 0 Å². The lowest BCUT2D eigenvalue weighted by molar-refractivity contribution is 0.461. The highest BCUT2D eigenvalue weighted by atomic mass is 35.5. The first-order valence-electron chi connectivity index (χ1n) is 7.18. The van der Waals surface area contributed by atoms with E-state index in [2.05, 4.69) is 16.0 Å². The highest BCUT2D eigenvalue weighted by Crippen LogP contribution is 2.41. The van der Waals surface area contributed by atoms with E-state index >= 15 is 0 Å². The number of hydrogen-bond acceptors (Lipinski definition) is 4. The first-order chi connectivity index (χ1) is 10.2. The van der Waals surface area contributed by atoms with Crippen LogP contribution in [0.1, 0.15) is 18.6 Å². The van der Waals surface area contributed by atoms with Gasteiger partial charge in [0.1, 0.15) is 11.3 Å². The molecular formula is C16H16ClN3O. The molecule has 1 fully saturated rings. The molecule has 2 aliphatic heterocycles. The van der Waals surface area contributed by atoms with Gasteiger partial charge in [-0.15, -0.1) is 0 Å². The number of hydrogen-bond donors (Lipinski definition) is 1. The van der Waals surface area contributed by atoms with E-state index in [-0.39, 0.29) is 6.04 Å². The van der Waals surface area contributed by atoms with Crippen LogP contribution in [0.15, 0.2) is 33.7 Å². The molecule has 3 heterocycles. The summed E-state index contributed by atoms with van der Waals surface area (Å²) in [4.78, 5) is 6.86. The van der Waals surface area contributed by atoms with Crippen molar-refractivity contribution in [2.75, 3.05) is 13.1 Å². The van der Waals surface area contributed by atoms with Gasteiger partial charge in [0, 0.05) is 42.2 Å². The molecule has 0 aliphatic carbocycles. The lowest BCUT2D eigenvalue weighted by Crippen LogP contribution is -2.25. The Hall–Kier alpha value is -1.78. The fraction of sp³-hybridized carbons (Fsp3) is 0.312. The summed E-state index contributed by atoms with van der Waals surface area (Å²) in [6.45, 7) is 1.83. The molecule has 0 saturated carbocycles. The zero-order chi connectivity index (χ0) is 14.4. The van der Waals surface area contributed by atoms with E-state index in [1.807, 2.05) is 24.4 Å². The van der Waals surface area contributed by atoms with Crippen molar-refractivity contribution in [3.05, 3.63) is 35.1 Å². The van der Waals surface area contributed by atoms with Crippen LogP contribution >= 0.6 is 11.6 Å². The molecule has 0 spiro atoms. The van der Waals surface area contributed by atoms with Crippen LogP contribution in [-0.2, 0) is 0 Å². The maximum absolute atomic E-state index is 6.11. The molecular weight excluding hydrogens is 286 g/mol. The van der Waals surface area contributed by atoms with Gasteiger partial charge in [-0.25, -0.2) is 0 Å². The molecule has 4 rings (SSSR count). The molecule has 0 amide bonds. The molecule has 21 heavy (non-hydrogen) atoms. The van der Waals surface area contributed by atoms with Crippen LogP contribution in [0, 0.1) is 0 Å². The Bertz CT molecular complexity index is 762. The quantitative estimate of drug-likeness (QED) is 0.876. The predicted octanol–water partition coefficient (Wildman–Crippen LogP) is 3.57. The fourth-order valence-corrected chi connectivity index (χ4v) is 3.21. The van der Waals surface area contributed by atoms with Crippen LogP contribution in [-0.4, -0.2) is 30.2 Å². The van der Waals surface area contributed by atoms with Gasteiger partial charge < -0.3 is 15.1 Å². The van der Waals surface area contributed by atoms with Gasteiger partial charge in [-0.05, 0) is 24.6 Å². The van der Waals surface area contributed by atoms with Crippen molar-refractivity contribution in [3.63, 3.8) is 0 Å². The molecule has 2 aliphatic rings. The van der Waals surface area contributed by atoms with Crippen LogP contribution < -0.4 is 5.73 Å². The van der Waals surface area contributed by atoms with E-state index in [1.54, 1.807) is 0 Å². The molecule has 0 unspecified atom stereocenters. The Morgan fingerprint density at radius 2 is 2.29 bits per heavy atom. The number of likely N-dealkylation sites (tertiary alicyclic amines) is 1. The van der Waals surface area contributed by atoms with Gasteiger partial charge in [0.05, 0.1) is 5.70 Å². The van der Waals surface area contributed by atoms with E-state index < -0.39 is 0 Å². The van der Waals surface area contributed by atoms with E-state index in [4.69, 9.17) is 21.8 Å². The number of aliphatic imine (C=N–C) groups is 1. The minimum Gasteiger partial charge on any atom is -0.452 e. The minimum atomic E-state index is 0.234. The molecule has 1 aromatic carbocycles. The Morgan fingerprint density at radius 1 is 1.38 bits per heavy atom. The highest BCUT2D eigenvalue weighted by Gasteiger charge is 2.27. The number of allylic oxidation sites excluding steroid dienone is 1. The first kappa shape index (κ1) is 12.9. The van der Waals surface area contributed by atoms with E-state index in [0.717, 1.165) is 54.0 Å². The molecule has 5 heteroatoms. The van der Waals surface area contributed by atoms with Gasteiger partial charge in [0.2, 0.25) is 0 Å². The van der Waals surface area contributed by atoms with E-state index in [9.17, 15) is 0 Å². The van der Waals surface area contributed by atoms with Crippen molar-refractivity contribution in [2.24, 2.45) is 10.7 Å². The van der Waals surface area contributed by atoms with Crippen LogP contribution in [0.2, 0.25) is 5.02 Å². The average molecular weight is 302 g/mol. The smallest absolute Gasteiger partial charge is 0.176 e. The molecule has 1 aromatic heterocycles. The van der Waals surface area contributed by atoms with Crippen molar-refractivity contribution in [1.82, 2.24) is 4.90 Å². The zero-order valence-corrected chi connectivity index (χ0v) is 12.3. The van der Waals surface area contributed by atoms with Crippen molar-refractivity contribution in [3.8, 4) is 0 Å². The van der Waals surface area contributed by atoms with Crippen molar-refractivity contribution < 1.29 is 4.42 Å². The number of nitrogens with zero attached hydrogens (tertiary/aromatic N) is 2. The molecule has 4 nitrogen and oxygen atoms in total. The average Bonchev–Trinajstić information content (AvgIpc) is 2.97. The minimum absolute atomic E-state index is 0.234. The number of benzene rings is 1. The summed E-state index contributed by atoms with van der Waals surface area (Å²) < 4.78 is 6.06. The zero-order valence-electron chi connectivity index (χ0n) is 11.6. The lowest BCUT2D eigenvalue weighted by Gasteiger charge is -2.20. The Kier molecular flexibility index (Phi) is 3.01. The molecule has 2 N–H and O–H groups in total. The summed E-state index contributed by atoms with van der Waals surface area (Å²) in [5.74, 6) is 0.829. The molecule has 108 valence electrons. The molecule has 0 bridgehead atoms. The van der Waals surface area contributed by atoms with Gasteiger partial charge in [-0.1, -0.05) is 17.7 Å². The summed E-state index contributed by atoms with van der Waals surface area (Å²) in [6.07, 6.45) is 5.89. The summed E-state index contributed by atoms with van der Waals surface area (Å²) in [6, 6.07) is 5.88. The number of nitrogens with two attached hydrogens (primary N) is 1. The van der Waals surface area contributed by atoms with Gasteiger partial charge >= 0.3 is 0 Å². The highest BCUT2D eigenvalue weighted by molar-refractivity contribution is 6.31. The third-order valence-electron chi connectivity index (χ3n) is 4.06. The van der Waals surface area contributed by atoms with Crippen LogP contribution in [0.3, 0.4) is 0 Å². The van der Waals surface area contributed by atoms with Crippen molar-refractivity contribution in [2.45, 2.75) is 18.9 Å². The van der Waals surface area contributed by atoms with E-state index in [1.165, 1.54) is 0 Å². The standard InChI is InChI=1S/C16H16ClN3O/c17-10-3-4-14-12(8-10)15-16(21-14)13(2-1-6-19-15)20-7-5-11(18)9-20/h2-4,6,8,11H,1,5,7,9,18H2/t11-/m1/s1. The molecule has 1 saturated heterocycles. The second kappa shape index (κ2) is 4.90. The summed E-state index contributed by atoms with van der Waals surface area (Å²) in [7, 11) is 0.